The van der Waals surface area contributed by atoms with Gasteiger partial charge < -0.3 is 5.11 Å². The third-order valence-corrected chi connectivity index (χ3v) is 3.58. The quantitative estimate of drug-likeness (QED) is 0.705. The maximum absolute atomic E-state index is 8.90. The summed E-state index contributed by atoms with van der Waals surface area (Å²) < 4.78 is -3.65. The Balaban J connectivity index is 4.40. The number of hydrogen-bond donors (Lipinski definition) is 1. The van der Waals surface area contributed by atoms with Gasteiger partial charge in [-0.3, -0.25) is 0 Å². The Morgan fingerprint density at radius 3 is 1.40 bits per heavy atom. The van der Waals surface area contributed by atoms with E-state index in [9.17, 15) is 0 Å². The molecule has 0 spiro atoms. The van der Waals surface area contributed by atoms with E-state index < -0.39 is 14.2 Å². The lowest BCUT2D eigenvalue weighted by molar-refractivity contribution is 0.176. The Morgan fingerprint density at radius 2 is 1.40 bits per heavy atom. The number of hydrogen-bond acceptors (Lipinski definition) is 1. The Morgan fingerprint density at radius 1 is 1.10 bits per heavy atom. The van der Waals surface area contributed by atoms with Crippen molar-refractivity contribution in [2.24, 2.45) is 0 Å². The summed E-state index contributed by atoms with van der Waals surface area (Å²) in [6.45, 7) is 1.34. The largest absolute Gasteiger partial charge is 0.390 e. The third-order valence-electron chi connectivity index (χ3n) is 0.903. The predicted octanol–water partition coefficient (Wildman–Crippen LogP) is 2.91. The molecule has 0 saturated heterocycles. The van der Waals surface area contributed by atoms with Crippen LogP contribution in [0.5, 0.6) is 0 Å². The maximum Gasteiger partial charge on any atom is 0.225 e. The van der Waals surface area contributed by atoms with Gasteiger partial charge >= 0.3 is 0 Å². The van der Waals surface area contributed by atoms with Gasteiger partial charge in [0.15, 0.2) is 4.33 Å². The lowest BCUT2D eigenvalue weighted by Crippen LogP contribution is -2.41. The van der Waals surface area contributed by atoms with Crippen LogP contribution in [0.2, 0.25) is 0 Å². The van der Waals surface area contributed by atoms with Gasteiger partial charge in [-0.1, -0.05) is 58.0 Å². The number of rotatable bonds is 1. The van der Waals surface area contributed by atoms with Crippen LogP contribution in [0.3, 0.4) is 0 Å². The van der Waals surface area contributed by atoms with Crippen molar-refractivity contribution in [1.29, 1.82) is 0 Å². The van der Waals surface area contributed by atoms with Crippen LogP contribution >= 0.6 is 58.0 Å². The molecule has 1 unspecified atom stereocenters. The van der Waals surface area contributed by atoms with E-state index in [0.717, 1.165) is 0 Å². The van der Waals surface area contributed by atoms with E-state index in [1.807, 2.05) is 0 Å². The zero-order chi connectivity index (χ0) is 8.58. The molecule has 0 heterocycles. The fourth-order valence-electron chi connectivity index (χ4n) is 0.237. The monoisotopic (exact) mass is 244 g/mol. The molecule has 10 heavy (non-hydrogen) atoms. The fraction of sp³-hybridized carbons (Fsp3) is 1.00. The van der Waals surface area contributed by atoms with Crippen molar-refractivity contribution in [2.45, 2.75) is 21.2 Å². The van der Waals surface area contributed by atoms with E-state index in [4.69, 9.17) is 63.1 Å². The van der Waals surface area contributed by atoms with Gasteiger partial charge in [0.2, 0.25) is 3.79 Å². The highest BCUT2D eigenvalue weighted by molar-refractivity contribution is 6.75. The van der Waals surface area contributed by atoms with E-state index in [2.05, 4.69) is 0 Å². The Bertz CT molecular complexity index is 115. The van der Waals surface area contributed by atoms with Crippen LogP contribution in [0.4, 0.5) is 0 Å². The molecule has 0 fully saturated rings. The van der Waals surface area contributed by atoms with Crippen molar-refractivity contribution in [2.75, 3.05) is 0 Å². The highest BCUT2D eigenvalue weighted by Crippen LogP contribution is 2.47. The van der Waals surface area contributed by atoms with Gasteiger partial charge in [0.05, 0.1) is 6.10 Å². The molecule has 0 bridgehead atoms. The van der Waals surface area contributed by atoms with Crippen LogP contribution in [-0.4, -0.2) is 19.3 Å². The molecular weight excluding hydrogens is 241 g/mol. The molecule has 1 nitrogen and oxygen atoms in total. The average Bonchev–Trinajstić information content (AvgIpc) is 1.62. The third kappa shape index (κ3) is 2.47. The van der Waals surface area contributed by atoms with Gasteiger partial charge in [0.1, 0.15) is 0 Å². The van der Waals surface area contributed by atoms with Crippen LogP contribution in [0, 0.1) is 0 Å². The van der Waals surface area contributed by atoms with Crippen molar-refractivity contribution < 1.29 is 5.11 Å². The van der Waals surface area contributed by atoms with E-state index >= 15 is 0 Å². The van der Waals surface area contributed by atoms with E-state index in [0.29, 0.717) is 0 Å². The summed E-state index contributed by atoms with van der Waals surface area (Å²) in [5.41, 5.74) is 0. The molecule has 0 rings (SSSR count). The summed E-state index contributed by atoms with van der Waals surface area (Å²) in [6.07, 6.45) is -1.11. The van der Waals surface area contributed by atoms with Crippen molar-refractivity contribution in [1.82, 2.24) is 0 Å². The fourth-order valence-corrected chi connectivity index (χ4v) is 0.711. The lowest BCUT2D eigenvalue weighted by atomic mass is 10.3. The first-order valence-corrected chi connectivity index (χ1v) is 4.21. The smallest absolute Gasteiger partial charge is 0.225 e. The number of aliphatic hydroxyl groups excluding tert-OH is 1. The standard InChI is InChI=1S/C4H5Cl5O/c1-2(10)3(5,6)4(7,8)9/h2,10H,1H3. The Labute approximate surface area is 84.1 Å². The minimum atomic E-state index is -1.88. The van der Waals surface area contributed by atoms with Gasteiger partial charge in [0.25, 0.3) is 0 Å². The van der Waals surface area contributed by atoms with Crippen LogP contribution in [-0.2, 0) is 0 Å². The maximum atomic E-state index is 8.90. The minimum absolute atomic E-state index is 1.11. The molecule has 0 aromatic heterocycles. The number of aliphatic hydroxyl groups is 1. The van der Waals surface area contributed by atoms with Gasteiger partial charge in [-0.05, 0) is 6.92 Å². The first-order valence-electron chi connectivity index (χ1n) is 2.32. The van der Waals surface area contributed by atoms with Gasteiger partial charge in [0, 0.05) is 0 Å². The molecule has 1 atom stereocenters. The summed E-state index contributed by atoms with van der Waals surface area (Å²) in [5, 5.41) is 8.90. The molecule has 0 aliphatic heterocycles. The van der Waals surface area contributed by atoms with Crippen molar-refractivity contribution >= 4 is 58.0 Å². The Hall–Kier alpha value is 1.41. The molecule has 6 heteroatoms. The van der Waals surface area contributed by atoms with Gasteiger partial charge in [-0.25, -0.2) is 0 Å². The summed E-state index contributed by atoms with van der Waals surface area (Å²) in [7, 11) is 0. The zero-order valence-electron chi connectivity index (χ0n) is 4.91. The lowest BCUT2D eigenvalue weighted by Gasteiger charge is -2.29. The molecule has 0 aromatic carbocycles. The van der Waals surface area contributed by atoms with Crippen molar-refractivity contribution in [3.05, 3.63) is 0 Å². The SMILES string of the molecule is CC(O)C(Cl)(Cl)C(Cl)(Cl)Cl. The van der Waals surface area contributed by atoms with Crippen molar-refractivity contribution in [3.63, 3.8) is 0 Å². The van der Waals surface area contributed by atoms with E-state index in [1.54, 1.807) is 0 Å². The topological polar surface area (TPSA) is 20.2 Å². The van der Waals surface area contributed by atoms with Gasteiger partial charge in [-0.15, -0.1) is 0 Å². The molecule has 0 aromatic rings. The molecule has 62 valence electrons. The summed E-state index contributed by atoms with van der Waals surface area (Å²) in [5.74, 6) is 0. The van der Waals surface area contributed by atoms with Crippen LogP contribution in [0.25, 0.3) is 0 Å². The summed E-state index contributed by atoms with van der Waals surface area (Å²) in [6, 6.07) is 0. The zero-order valence-corrected chi connectivity index (χ0v) is 8.69. The molecule has 0 radical (unpaired) electrons. The van der Waals surface area contributed by atoms with E-state index in [1.165, 1.54) is 6.92 Å². The predicted molar refractivity (Wildman–Crippen MR) is 46.4 cm³/mol. The van der Waals surface area contributed by atoms with Crippen LogP contribution in [0.1, 0.15) is 6.92 Å². The highest BCUT2D eigenvalue weighted by atomic mass is 35.6. The molecule has 0 aliphatic carbocycles. The number of halogens is 5. The van der Waals surface area contributed by atoms with E-state index in [-0.39, 0.29) is 0 Å². The first-order chi connectivity index (χ1) is 4.19. The molecule has 1 N–H and O–H groups in total. The molecular formula is C4H5Cl5O. The summed E-state index contributed by atoms with van der Waals surface area (Å²) in [4.78, 5) is 0. The molecule has 0 amide bonds. The van der Waals surface area contributed by atoms with Crippen molar-refractivity contribution in [3.8, 4) is 0 Å². The first kappa shape index (κ1) is 11.4. The Kier molecular flexibility index (Phi) is 3.91. The van der Waals surface area contributed by atoms with Crippen LogP contribution < -0.4 is 0 Å². The molecule has 0 saturated carbocycles. The van der Waals surface area contributed by atoms with Gasteiger partial charge in [-0.2, -0.15) is 0 Å². The second-order valence-corrected chi connectivity index (χ2v) is 5.46. The second kappa shape index (κ2) is 3.42. The summed E-state index contributed by atoms with van der Waals surface area (Å²) >= 11 is 26.9. The minimum Gasteiger partial charge on any atom is -0.390 e. The normalized spacial score (nSPS) is 17.1. The highest BCUT2D eigenvalue weighted by Gasteiger charge is 2.49. The average molecular weight is 246 g/mol. The number of alkyl halides is 5. The second-order valence-electron chi connectivity index (χ2n) is 1.80. The van der Waals surface area contributed by atoms with Crippen LogP contribution in [0.15, 0.2) is 0 Å². The molecule has 0 aliphatic rings.